The number of fused-ring (bicyclic) bond motifs is 1. The minimum Gasteiger partial charge on any atom is -0.466 e. The van der Waals surface area contributed by atoms with Gasteiger partial charge in [0.15, 0.2) is 0 Å². The Morgan fingerprint density at radius 1 is 1.11 bits per heavy atom. The third kappa shape index (κ3) is 5.54. The first-order chi connectivity index (χ1) is 13.1. The van der Waals surface area contributed by atoms with E-state index in [1.165, 1.54) is 5.39 Å². The Kier molecular flexibility index (Phi) is 8.75. The second kappa shape index (κ2) is 10.8. The molecule has 0 aliphatic rings. The van der Waals surface area contributed by atoms with Gasteiger partial charge in [0.2, 0.25) is 0 Å². The van der Waals surface area contributed by atoms with Crippen molar-refractivity contribution in [2.45, 2.75) is 43.9 Å². The number of thioether (sulfide) groups is 1. The summed E-state index contributed by atoms with van der Waals surface area (Å²) in [5, 5.41) is 1.30. The van der Waals surface area contributed by atoms with Crippen molar-refractivity contribution in [1.82, 2.24) is 0 Å². The van der Waals surface area contributed by atoms with Crippen LogP contribution in [0.3, 0.4) is 0 Å². The molecule has 0 fully saturated rings. The Hall–Kier alpha value is -1.42. The third-order valence-corrected chi connectivity index (χ3v) is 6.89. The molecule has 0 aliphatic carbocycles. The van der Waals surface area contributed by atoms with Crippen molar-refractivity contribution in [2.24, 2.45) is 5.92 Å². The molecule has 2 aromatic carbocycles. The van der Waals surface area contributed by atoms with E-state index in [-0.39, 0.29) is 5.97 Å². The van der Waals surface area contributed by atoms with Crippen molar-refractivity contribution < 1.29 is 18.8 Å². The topological polar surface area (TPSA) is 52.6 Å². The Morgan fingerprint density at radius 2 is 1.85 bits per heavy atom. The molecular weight excluding hydrogens is 379 g/mol. The van der Waals surface area contributed by atoms with Crippen LogP contribution in [-0.4, -0.2) is 30.3 Å². The van der Waals surface area contributed by atoms with Gasteiger partial charge in [0.05, 0.1) is 12.4 Å². The average molecular weight is 407 g/mol. The maximum atomic E-state index is 12.6. The standard InChI is InChI=1S/C21H27O4PS/c1-4-9-19(20(22)24-5-2)21(26-23,25-6-3)15-27-18-13-12-16-10-7-8-11-17(16)14-18/h7-8,10-14,19H,4-6,9,15H2,1-3H3/p+1. The Balaban J connectivity index is 2.27. The highest BCUT2D eigenvalue weighted by Crippen LogP contribution is 2.41. The minimum absolute atomic E-state index is 0.307. The second-order valence-corrected chi connectivity index (χ2v) is 8.41. The summed E-state index contributed by atoms with van der Waals surface area (Å²) in [4.78, 5) is 13.6. The Bertz CT molecular complexity index is 767. The maximum Gasteiger partial charge on any atom is 0.361 e. The van der Waals surface area contributed by atoms with Crippen LogP contribution in [0.1, 0.15) is 33.6 Å². The first-order valence-corrected chi connectivity index (χ1v) is 11.3. The fourth-order valence-electron chi connectivity index (χ4n) is 3.15. The van der Waals surface area contributed by atoms with Crippen LogP contribution in [0, 0.1) is 5.92 Å². The fraction of sp³-hybridized carbons (Fsp3) is 0.476. The van der Waals surface area contributed by atoms with Crippen molar-refractivity contribution >= 4 is 37.0 Å². The highest BCUT2D eigenvalue weighted by atomic mass is 32.2. The Labute approximate surface area is 167 Å². The first kappa shape index (κ1) is 21.9. The van der Waals surface area contributed by atoms with Crippen molar-refractivity contribution in [2.75, 3.05) is 19.0 Å². The van der Waals surface area contributed by atoms with Crippen LogP contribution >= 0.6 is 20.2 Å². The SMILES string of the molecule is CCCC(C(=O)OCC)C(CSc1ccc2ccccc2c1)(OCC)[PH+]=O. The van der Waals surface area contributed by atoms with Gasteiger partial charge in [0, 0.05) is 11.5 Å². The molecule has 2 aromatic rings. The van der Waals surface area contributed by atoms with Crippen LogP contribution < -0.4 is 0 Å². The minimum atomic E-state index is -1.03. The molecule has 27 heavy (non-hydrogen) atoms. The molecule has 0 radical (unpaired) electrons. The summed E-state index contributed by atoms with van der Waals surface area (Å²) in [6.45, 7) is 6.36. The van der Waals surface area contributed by atoms with E-state index in [1.807, 2.05) is 26.0 Å². The van der Waals surface area contributed by atoms with Crippen LogP contribution in [0.25, 0.3) is 10.8 Å². The highest BCUT2D eigenvalue weighted by Gasteiger charge is 2.52. The van der Waals surface area contributed by atoms with Crippen LogP contribution in [0.15, 0.2) is 47.4 Å². The summed E-state index contributed by atoms with van der Waals surface area (Å²) in [6.07, 6.45) is 1.38. The van der Waals surface area contributed by atoms with E-state index in [1.54, 1.807) is 18.7 Å². The van der Waals surface area contributed by atoms with Gasteiger partial charge in [-0.3, -0.25) is 4.79 Å². The fourth-order valence-corrected chi connectivity index (χ4v) is 5.25. The molecule has 4 nitrogen and oxygen atoms in total. The maximum absolute atomic E-state index is 12.6. The van der Waals surface area contributed by atoms with Gasteiger partial charge >= 0.3 is 14.4 Å². The molecule has 0 bridgehead atoms. The van der Waals surface area contributed by atoms with Crippen molar-refractivity contribution in [3.8, 4) is 0 Å². The summed E-state index contributed by atoms with van der Waals surface area (Å²) in [6, 6.07) is 14.4. The number of carbonyl (C=O) groups is 1. The van der Waals surface area contributed by atoms with Gasteiger partial charge in [-0.1, -0.05) is 48.2 Å². The van der Waals surface area contributed by atoms with Crippen LogP contribution in [0.5, 0.6) is 0 Å². The number of esters is 1. The van der Waals surface area contributed by atoms with Crippen molar-refractivity contribution in [3.05, 3.63) is 42.5 Å². The summed E-state index contributed by atoms with van der Waals surface area (Å²) in [5.74, 6) is -0.425. The molecule has 0 saturated heterocycles. The first-order valence-electron chi connectivity index (χ1n) is 9.41. The van der Waals surface area contributed by atoms with Crippen molar-refractivity contribution in [3.63, 3.8) is 0 Å². The van der Waals surface area contributed by atoms with Crippen molar-refractivity contribution in [1.29, 1.82) is 0 Å². The highest BCUT2D eigenvalue weighted by molar-refractivity contribution is 7.99. The number of ether oxygens (including phenoxy) is 2. The molecule has 2 rings (SSSR count). The molecule has 0 saturated carbocycles. The lowest BCUT2D eigenvalue weighted by Crippen LogP contribution is -2.43. The molecule has 0 aromatic heterocycles. The van der Waals surface area contributed by atoms with Crippen LogP contribution in [0.2, 0.25) is 0 Å². The predicted octanol–water partition coefficient (Wildman–Crippen LogP) is 5.67. The molecule has 3 atom stereocenters. The van der Waals surface area contributed by atoms with Gasteiger partial charge < -0.3 is 9.47 Å². The lowest BCUT2D eigenvalue weighted by molar-refractivity contribution is -0.155. The van der Waals surface area contributed by atoms with E-state index in [9.17, 15) is 9.36 Å². The lowest BCUT2D eigenvalue weighted by Gasteiger charge is -2.28. The summed E-state index contributed by atoms with van der Waals surface area (Å²) in [5.41, 5.74) is 0. The molecule has 0 aliphatic heterocycles. The predicted molar refractivity (Wildman–Crippen MR) is 113 cm³/mol. The number of hydrogen-bond donors (Lipinski definition) is 0. The molecule has 6 heteroatoms. The van der Waals surface area contributed by atoms with E-state index in [4.69, 9.17) is 9.47 Å². The quantitative estimate of drug-likeness (QED) is 0.273. The molecular formula is C21H28O4PS+. The van der Waals surface area contributed by atoms with Gasteiger partial charge in [0.1, 0.15) is 5.92 Å². The van der Waals surface area contributed by atoms with Gasteiger partial charge in [-0.2, -0.15) is 0 Å². The molecule has 0 spiro atoms. The largest absolute Gasteiger partial charge is 0.466 e. The van der Waals surface area contributed by atoms with E-state index in [0.717, 1.165) is 16.7 Å². The van der Waals surface area contributed by atoms with E-state index < -0.39 is 19.7 Å². The van der Waals surface area contributed by atoms with E-state index in [0.29, 0.717) is 25.4 Å². The van der Waals surface area contributed by atoms with Gasteiger partial charge in [-0.15, -0.1) is 11.8 Å². The number of benzene rings is 2. The number of rotatable bonds is 11. The molecule has 146 valence electrons. The monoisotopic (exact) mass is 407 g/mol. The zero-order chi connectivity index (χ0) is 19.7. The summed E-state index contributed by atoms with van der Waals surface area (Å²) < 4.78 is 23.5. The number of hydrogen-bond acceptors (Lipinski definition) is 5. The summed E-state index contributed by atoms with van der Waals surface area (Å²) >= 11 is 1.57. The van der Waals surface area contributed by atoms with E-state index >= 15 is 0 Å². The molecule has 0 N–H and O–H groups in total. The van der Waals surface area contributed by atoms with Crippen LogP contribution in [0.4, 0.5) is 0 Å². The van der Waals surface area contributed by atoms with Crippen LogP contribution in [-0.2, 0) is 18.8 Å². The smallest absolute Gasteiger partial charge is 0.361 e. The van der Waals surface area contributed by atoms with Gasteiger partial charge in [0.25, 0.3) is 5.34 Å². The molecule has 3 unspecified atom stereocenters. The average Bonchev–Trinajstić information content (AvgIpc) is 2.69. The normalized spacial score (nSPS) is 14.8. The van der Waals surface area contributed by atoms with Gasteiger partial charge in [-0.25, -0.2) is 0 Å². The second-order valence-electron chi connectivity index (χ2n) is 6.32. The zero-order valence-corrected chi connectivity index (χ0v) is 18.0. The summed E-state index contributed by atoms with van der Waals surface area (Å²) in [7, 11) is -0.748. The third-order valence-electron chi connectivity index (χ3n) is 4.46. The molecule has 0 heterocycles. The van der Waals surface area contributed by atoms with E-state index in [2.05, 4.69) is 30.3 Å². The zero-order valence-electron chi connectivity index (χ0n) is 16.2. The lowest BCUT2D eigenvalue weighted by atomic mass is 9.97. The van der Waals surface area contributed by atoms with Gasteiger partial charge in [-0.05, 0) is 43.2 Å². The Morgan fingerprint density at radius 3 is 2.48 bits per heavy atom. The number of carbonyl (C=O) groups excluding carboxylic acids is 1. The molecule has 0 amide bonds.